The highest BCUT2D eigenvalue weighted by Gasteiger charge is 2.43. The van der Waals surface area contributed by atoms with E-state index in [-0.39, 0.29) is 24.7 Å². The van der Waals surface area contributed by atoms with Gasteiger partial charge in [-0.15, -0.1) is 0 Å². The second-order valence-corrected chi connectivity index (χ2v) is 6.81. The van der Waals surface area contributed by atoms with Crippen molar-refractivity contribution in [2.45, 2.75) is 31.9 Å². The van der Waals surface area contributed by atoms with Gasteiger partial charge in [0.25, 0.3) is 0 Å². The number of aromatic nitrogens is 1. The molecule has 2 aliphatic rings. The summed E-state index contributed by atoms with van der Waals surface area (Å²) in [5.41, 5.74) is 0.00317. The molecule has 136 valence electrons. The van der Waals surface area contributed by atoms with Gasteiger partial charge in [0.2, 0.25) is 5.88 Å². The van der Waals surface area contributed by atoms with E-state index in [0.29, 0.717) is 31.9 Å². The lowest BCUT2D eigenvalue weighted by atomic mass is 9.90. The first-order valence-electron chi connectivity index (χ1n) is 8.33. The molecule has 8 nitrogen and oxygen atoms in total. The first-order chi connectivity index (χ1) is 11.9. The van der Waals surface area contributed by atoms with E-state index < -0.39 is 11.4 Å². The molecule has 0 radical (unpaired) electrons. The second kappa shape index (κ2) is 6.87. The van der Waals surface area contributed by atoms with Crippen LogP contribution >= 0.6 is 0 Å². The number of aliphatic carboxylic acids is 1. The number of carboxylic acid groups (broad SMARTS) is 1. The lowest BCUT2D eigenvalue weighted by molar-refractivity contribution is -0.147. The molecule has 1 aromatic heterocycles. The number of hydrogen-bond acceptors (Lipinski definition) is 5. The van der Waals surface area contributed by atoms with Crippen molar-refractivity contribution in [2.24, 2.45) is 5.41 Å². The van der Waals surface area contributed by atoms with Crippen LogP contribution < -0.4 is 10.1 Å². The Bertz CT molecular complexity index is 650. The largest absolute Gasteiger partial charge is 0.481 e. The van der Waals surface area contributed by atoms with Crippen LogP contribution in [-0.4, -0.2) is 59.8 Å². The Balaban J connectivity index is 1.63. The molecule has 3 heterocycles. The molecule has 2 fully saturated rings. The van der Waals surface area contributed by atoms with Gasteiger partial charge in [0.1, 0.15) is 6.10 Å². The first kappa shape index (κ1) is 17.5. The highest BCUT2D eigenvalue weighted by atomic mass is 16.5. The molecule has 1 aromatic rings. The normalized spacial score (nSPS) is 28.8. The predicted octanol–water partition coefficient (Wildman–Crippen LogP) is 1.43. The maximum Gasteiger partial charge on any atom is 0.317 e. The van der Waals surface area contributed by atoms with Gasteiger partial charge in [0.15, 0.2) is 0 Å². The minimum Gasteiger partial charge on any atom is -0.481 e. The second-order valence-electron chi connectivity index (χ2n) is 6.81. The van der Waals surface area contributed by atoms with Crippen LogP contribution in [0.2, 0.25) is 0 Å². The average Bonchev–Trinajstić information content (AvgIpc) is 3.22. The molecule has 0 bridgehead atoms. The number of pyridine rings is 1. The number of methoxy groups -OCH3 is 1. The third kappa shape index (κ3) is 3.53. The molecule has 0 saturated carbocycles. The van der Waals surface area contributed by atoms with Gasteiger partial charge >= 0.3 is 12.0 Å². The molecule has 0 aliphatic carbocycles. The fourth-order valence-electron chi connectivity index (χ4n) is 3.31. The van der Waals surface area contributed by atoms with Crippen molar-refractivity contribution in [1.29, 1.82) is 0 Å². The quantitative estimate of drug-likeness (QED) is 0.853. The van der Waals surface area contributed by atoms with Crippen LogP contribution in [-0.2, 0) is 9.53 Å². The summed E-state index contributed by atoms with van der Waals surface area (Å²) in [5, 5.41) is 12.3. The van der Waals surface area contributed by atoms with Gasteiger partial charge in [-0.25, -0.2) is 9.78 Å². The van der Waals surface area contributed by atoms with E-state index >= 15 is 0 Å². The summed E-state index contributed by atoms with van der Waals surface area (Å²) in [7, 11) is 1.55. The number of ether oxygens (including phenoxy) is 2. The topological polar surface area (TPSA) is 101 Å². The molecular formula is C17H23N3O5. The average molecular weight is 349 g/mol. The SMILES string of the molecule is COc1ccc([C@H]2OCC[C@@H]2NC(=O)N2CCC(C)(C(=O)O)C2)cn1. The van der Waals surface area contributed by atoms with Gasteiger partial charge in [-0.3, -0.25) is 4.79 Å². The van der Waals surface area contributed by atoms with Crippen molar-refractivity contribution in [2.75, 3.05) is 26.8 Å². The zero-order chi connectivity index (χ0) is 18.0. The molecule has 3 atom stereocenters. The molecule has 2 aliphatic heterocycles. The molecular weight excluding hydrogens is 326 g/mol. The van der Waals surface area contributed by atoms with Crippen molar-refractivity contribution >= 4 is 12.0 Å². The number of urea groups is 1. The Kier molecular flexibility index (Phi) is 4.80. The number of carbonyl (C=O) groups excluding carboxylic acids is 1. The van der Waals surface area contributed by atoms with E-state index in [9.17, 15) is 14.7 Å². The Morgan fingerprint density at radius 1 is 1.48 bits per heavy atom. The van der Waals surface area contributed by atoms with Gasteiger partial charge in [-0.1, -0.05) is 0 Å². The monoisotopic (exact) mass is 349 g/mol. The molecule has 8 heteroatoms. The highest BCUT2D eigenvalue weighted by molar-refractivity contribution is 5.79. The number of amides is 2. The first-order valence-corrected chi connectivity index (χ1v) is 8.33. The van der Waals surface area contributed by atoms with Crippen LogP contribution in [0.4, 0.5) is 4.79 Å². The lowest BCUT2D eigenvalue weighted by Crippen LogP contribution is -2.46. The van der Waals surface area contributed by atoms with E-state index in [1.807, 2.05) is 6.07 Å². The van der Waals surface area contributed by atoms with Gasteiger partial charge in [-0.2, -0.15) is 0 Å². The number of rotatable bonds is 4. The molecule has 3 rings (SSSR count). The minimum atomic E-state index is -0.872. The van der Waals surface area contributed by atoms with Crippen molar-refractivity contribution in [3.8, 4) is 5.88 Å². The fraction of sp³-hybridized carbons (Fsp3) is 0.588. The molecule has 25 heavy (non-hydrogen) atoms. The Hall–Kier alpha value is -2.35. The molecule has 0 aromatic carbocycles. The zero-order valence-corrected chi connectivity index (χ0v) is 14.4. The summed E-state index contributed by atoms with van der Waals surface area (Å²) >= 11 is 0. The van der Waals surface area contributed by atoms with E-state index in [2.05, 4.69) is 10.3 Å². The predicted molar refractivity (Wildman–Crippen MR) is 88.4 cm³/mol. The Morgan fingerprint density at radius 2 is 2.28 bits per heavy atom. The van der Waals surface area contributed by atoms with Crippen molar-refractivity contribution in [3.63, 3.8) is 0 Å². The van der Waals surface area contributed by atoms with Crippen molar-refractivity contribution < 1.29 is 24.2 Å². The van der Waals surface area contributed by atoms with E-state index in [4.69, 9.17) is 9.47 Å². The minimum absolute atomic E-state index is 0.167. The number of carboxylic acids is 1. The number of nitrogens with one attached hydrogen (secondary N) is 1. The van der Waals surface area contributed by atoms with Gasteiger partial charge in [-0.05, 0) is 25.8 Å². The van der Waals surface area contributed by atoms with Crippen LogP contribution in [0.3, 0.4) is 0 Å². The van der Waals surface area contributed by atoms with Crippen molar-refractivity contribution in [1.82, 2.24) is 15.2 Å². The van der Waals surface area contributed by atoms with Gasteiger partial charge < -0.3 is 24.8 Å². The number of hydrogen-bond donors (Lipinski definition) is 2. The van der Waals surface area contributed by atoms with Crippen LogP contribution in [0, 0.1) is 5.41 Å². The third-order valence-electron chi connectivity index (χ3n) is 4.97. The maximum absolute atomic E-state index is 12.5. The summed E-state index contributed by atoms with van der Waals surface area (Å²) < 4.78 is 10.8. The zero-order valence-electron chi connectivity index (χ0n) is 14.4. The van der Waals surface area contributed by atoms with Gasteiger partial charge in [0, 0.05) is 37.5 Å². The Labute approximate surface area is 146 Å². The standard InChI is InChI=1S/C17H23N3O5/c1-17(15(21)22)6-7-20(10-17)16(23)19-12-5-8-25-14(12)11-3-4-13(24-2)18-9-11/h3-4,9,12,14H,5-8,10H2,1-2H3,(H,19,23)(H,21,22)/t12-,14+,17?/m0/s1. The van der Waals surface area contributed by atoms with Crippen LogP contribution in [0.15, 0.2) is 18.3 Å². The summed E-state index contributed by atoms with van der Waals surface area (Å²) in [4.78, 5) is 29.6. The molecule has 1 unspecified atom stereocenters. The highest BCUT2D eigenvalue weighted by Crippen LogP contribution is 2.32. The Morgan fingerprint density at radius 3 is 2.88 bits per heavy atom. The molecule has 0 spiro atoms. The summed E-state index contributed by atoms with van der Waals surface area (Å²) in [5.74, 6) is -0.346. The van der Waals surface area contributed by atoms with E-state index in [1.165, 1.54) is 0 Å². The van der Waals surface area contributed by atoms with E-state index in [0.717, 1.165) is 5.56 Å². The summed E-state index contributed by atoms with van der Waals surface area (Å²) in [6.07, 6.45) is 2.58. The summed E-state index contributed by atoms with van der Waals surface area (Å²) in [6.45, 7) is 2.88. The maximum atomic E-state index is 12.5. The molecule has 2 amide bonds. The lowest BCUT2D eigenvalue weighted by Gasteiger charge is -2.25. The molecule has 2 N–H and O–H groups in total. The summed E-state index contributed by atoms with van der Waals surface area (Å²) in [6, 6.07) is 3.22. The number of nitrogens with zero attached hydrogens (tertiary/aromatic N) is 2. The number of likely N-dealkylation sites (tertiary alicyclic amines) is 1. The van der Waals surface area contributed by atoms with Crippen LogP contribution in [0.25, 0.3) is 0 Å². The van der Waals surface area contributed by atoms with Crippen molar-refractivity contribution in [3.05, 3.63) is 23.9 Å². The van der Waals surface area contributed by atoms with Crippen LogP contribution in [0.5, 0.6) is 5.88 Å². The number of carbonyl (C=O) groups is 2. The van der Waals surface area contributed by atoms with Gasteiger partial charge in [0.05, 0.1) is 18.6 Å². The molecule has 2 saturated heterocycles. The fourth-order valence-corrected chi connectivity index (χ4v) is 3.31. The third-order valence-corrected chi connectivity index (χ3v) is 4.97. The van der Waals surface area contributed by atoms with Crippen LogP contribution in [0.1, 0.15) is 31.4 Å². The smallest absolute Gasteiger partial charge is 0.317 e. The van der Waals surface area contributed by atoms with E-state index in [1.54, 1.807) is 31.2 Å².